The first-order valence-corrected chi connectivity index (χ1v) is 10.0. The zero-order chi connectivity index (χ0) is 21.3. The third-order valence-electron chi connectivity index (χ3n) is 4.61. The molecule has 7 nitrogen and oxygen atoms in total. The van der Waals surface area contributed by atoms with Gasteiger partial charge in [-0.2, -0.15) is 4.98 Å². The van der Waals surface area contributed by atoms with E-state index in [4.69, 9.17) is 14.0 Å². The van der Waals surface area contributed by atoms with Crippen LogP contribution in [0.3, 0.4) is 0 Å². The van der Waals surface area contributed by atoms with Crippen LogP contribution >= 0.6 is 0 Å². The molecule has 0 fully saturated rings. The van der Waals surface area contributed by atoms with E-state index in [2.05, 4.69) is 10.1 Å². The summed E-state index contributed by atoms with van der Waals surface area (Å²) >= 11 is 0. The highest BCUT2D eigenvalue weighted by atomic mass is 16.5. The molecule has 0 atom stereocenters. The molecule has 158 valence electrons. The number of rotatable bonds is 10. The number of carbonyl (C=O) groups is 1. The van der Waals surface area contributed by atoms with Crippen LogP contribution in [0.4, 0.5) is 0 Å². The van der Waals surface area contributed by atoms with E-state index in [1.807, 2.05) is 68.4 Å². The molecule has 3 aromatic rings. The van der Waals surface area contributed by atoms with Crippen molar-refractivity contribution in [2.75, 3.05) is 13.7 Å². The molecule has 0 unspecified atom stereocenters. The maximum absolute atomic E-state index is 12.7. The van der Waals surface area contributed by atoms with Gasteiger partial charge >= 0.3 is 0 Å². The quantitative estimate of drug-likeness (QED) is 0.464. The van der Waals surface area contributed by atoms with Crippen LogP contribution in [0.15, 0.2) is 59.1 Å². The number of amides is 1. The van der Waals surface area contributed by atoms with E-state index in [0.717, 1.165) is 17.1 Å². The van der Waals surface area contributed by atoms with Gasteiger partial charge in [-0.1, -0.05) is 23.4 Å². The monoisotopic (exact) mass is 409 g/mol. The average Bonchev–Trinajstić information content (AvgIpc) is 3.24. The fraction of sp³-hybridized carbons (Fsp3) is 0.348. The van der Waals surface area contributed by atoms with Crippen LogP contribution in [-0.4, -0.2) is 40.7 Å². The van der Waals surface area contributed by atoms with E-state index in [1.54, 1.807) is 12.0 Å². The average molecular weight is 409 g/mol. The number of nitrogens with zero attached hydrogens (tertiary/aromatic N) is 3. The van der Waals surface area contributed by atoms with E-state index < -0.39 is 0 Å². The molecular weight excluding hydrogens is 382 g/mol. The molecule has 0 saturated carbocycles. The Morgan fingerprint density at radius 3 is 2.47 bits per heavy atom. The first-order chi connectivity index (χ1) is 14.6. The second-order valence-electron chi connectivity index (χ2n) is 7.12. The Labute approximate surface area is 176 Å². The zero-order valence-corrected chi connectivity index (χ0v) is 17.6. The standard InChI is InChI=1S/C23H27N3O4/c1-17(2)26(22(27)10-7-15-29-20-8-5-4-6-9-20)16-21-24-23(25-30-21)18-11-13-19(28-3)14-12-18/h4-6,8-9,11-14,17H,7,10,15-16H2,1-3H3. The summed E-state index contributed by atoms with van der Waals surface area (Å²) < 4.78 is 16.2. The van der Waals surface area contributed by atoms with Crippen molar-refractivity contribution >= 4 is 5.91 Å². The number of hydrogen-bond acceptors (Lipinski definition) is 6. The van der Waals surface area contributed by atoms with Crippen LogP contribution < -0.4 is 9.47 Å². The summed E-state index contributed by atoms with van der Waals surface area (Å²) in [6.45, 7) is 4.71. The Hall–Kier alpha value is -3.35. The minimum absolute atomic E-state index is 0.0175. The summed E-state index contributed by atoms with van der Waals surface area (Å²) in [5.41, 5.74) is 0.825. The highest BCUT2D eigenvalue weighted by Crippen LogP contribution is 2.20. The van der Waals surface area contributed by atoms with Crippen LogP contribution in [0, 0.1) is 0 Å². The second kappa shape index (κ2) is 10.4. The Kier molecular flexibility index (Phi) is 7.43. The Bertz CT molecular complexity index is 923. The molecule has 1 heterocycles. The van der Waals surface area contributed by atoms with Crippen molar-refractivity contribution in [3.8, 4) is 22.9 Å². The molecule has 0 N–H and O–H groups in total. The third-order valence-corrected chi connectivity index (χ3v) is 4.61. The molecule has 1 aromatic heterocycles. The largest absolute Gasteiger partial charge is 0.497 e. The van der Waals surface area contributed by atoms with Gasteiger partial charge in [-0.15, -0.1) is 0 Å². The highest BCUT2D eigenvalue weighted by molar-refractivity contribution is 5.76. The van der Waals surface area contributed by atoms with Gasteiger partial charge in [-0.05, 0) is 56.7 Å². The summed E-state index contributed by atoms with van der Waals surface area (Å²) in [7, 11) is 1.62. The van der Waals surface area contributed by atoms with Crippen LogP contribution in [0.25, 0.3) is 11.4 Å². The first kappa shape index (κ1) is 21.4. The van der Waals surface area contributed by atoms with Gasteiger partial charge in [0.05, 0.1) is 13.7 Å². The molecule has 0 radical (unpaired) electrons. The number of benzene rings is 2. The minimum atomic E-state index is 0.0175. The van der Waals surface area contributed by atoms with Crippen molar-refractivity contribution in [1.29, 1.82) is 0 Å². The number of methoxy groups -OCH3 is 1. The lowest BCUT2D eigenvalue weighted by Crippen LogP contribution is -2.36. The van der Waals surface area contributed by atoms with Crippen molar-refractivity contribution in [3.05, 3.63) is 60.5 Å². The molecule has 1 amide bonds. The normalized spacial score (nSPS) is 10.8. The van der Waals surface area contributed by atoms with Crippen LogP contribution in [0.2, 0.25) is 0 Å². The maximum Gasteiger partial charge on any atom is 0.246 e. The SMILES string of the molecule is COc1ccc(-c2noc(CN(C(=O)CCCOc3ccccc3)C(C)C)n2)cc1. The molecule has 3 rings (SSSR count). The molecule has 2 aromatic carbocycles. The van der Waals surface area contributed by atoms with Gasteiger partial charge in [0.25, 0.3) is 0 Å². The van der Waals surface area contributed by atoms with Gasteiger partial charge in [0.1, 0.15) is 18.0 Å². The number of aromatic nitrogens is 2. The van der Waals surface area contributed by atoms with Crippen LogP contribution in [-0.2, 0) is 11.3 Å². The van der Waals surface area contributed by atoms with E-state index in [0.29, 0.717) is 31.2 Å². The number of ether oxygens (including phenoxy) is 2. The first-order valence-electron chi connectivity index (χ1n) is 10.0. The lowest BCUT2D eigenvalue weighted by atomic mass is 10.2. The van der Waals surface area contributed by atoms with Gasteiger partial charge in [0, 0.05) is 18.0 Å². The summed E-state index contributed by atoms with van der Waals surface area (Å²) in [6.07, 6.45) is 1.03. The Balaban J connectivity index is 1.54. The summed E-state index contributed by atoms with van der Waals surface area (Å²) in [5, 5.41) is 4.04. The molecule has 0 saturated heterocycles. The molecule has 0 spiro atoms. The van der Waals surface area contributed by atoms with E-state index in [9.17, 15) is 4.79 Å². The van der Waals surface area contributed by atoms with Gasteiger partial charge in [-0.25, -0.2) is 0 Å². The van der Waals surface area contributed by atoms with Crippen molar-refractivity contribution < 1.29 is 18.8 Å². The third kappa shape index (κ3) is 5.83. The number of hydrogen-bond donors (Lipinski definition) is 0. The molecule has 0 aliphatic rings. The Morgan fingerprint density at radius 1 is 1.07 bits per heavy atom. The van der Waals surface area contributed by atoms with E-state index in [-0.39, 0.29) is 18.5 Å². The van der Waals surface area contributed by atoms with Gasteiger partial charge in [-0.3, -0.25) is 4.79 Å². The van der Waals surface area contributed by atoms with E-state index in [1.165, 1.54) is 0 Å². The van der Waals surface area contributed by atoms with Gasteiger partial charge in [0.2, 0.25) is 17.6 Å². The lowest BCUT2D eigenvalue weighted by Gasteiger charge is -2.25. The molecule has 30 heavy (non-hydrogen) atoms. The van der Waals surface area contributed by atoms with Crippen molar-refractivity contribution in [2.45, 2.75) is 39.3 Å². The molecule has 7 heteroatoms. The van der Waals surface area contributed by atoms with Gasteiger partial charge in [0.15, 0.2) is 0 Å². The van der Waals surface area contributed by atoms with Crippen LogP contribution in [0.1, 0.15) is 32.6 Å². The fourth-order valence-corrected chi connectivity index (χ4v) is 2.95. The Morgan fingerprint density at radius 2 is 1.80 bits per heavy atom. The summed E-state index contributed by atoms with van der Waals surface area (Å²) in [4.78, 5) is 18.9. The lowest BCUT2D eigenvalue weighted by molar-refractivity contribution is -0.134. The smallest absolute Gasteiger partial charge is 0.246 e. The van der Waals surface area contributed by atoms with Crippen molar-refractivity contribution in [1.82, 2.24) is 15.0 Å². The maximum atomic E-state index is 12.7. The molecule has 0 aliphatic carbocycles. The number of carbonyl (C=O) groups excluding carboxylic acids is 1. The topological polar surface area (TPSA) is 77.7 Å². The zero-order valence-electron chi connectivity index (χ0n) is 17.6. The summed E-state index contributed by atoms with van der Waals surface area (Å²) in [5.74, 6) is 2.49. The molecule has 0 aliphatic heterocycles. The minimum Gasteiger partial charge on any atom is -0.497 e. The fourth-order valence-electron chi connectivity index (χ4n) is 2.95. The van der Waals surface area contributed by atoms with Gasteiger partial charge < -0.3 is 18.9 Å². The van der Waals surface area contributed by atoms with Crippen molar-refractivity contribution in [3.63, 3.8) is 0 Å². The highest BCUT2D eigenvalue weighted by Gasteiger charge is 2.20. The summed E-state index contributed by atoms with van der Waals surface area (Å²) in [6, 6.07) is 17.0. The molecular formula is C23H27N3O4. The predicted molar refractivity (Wildman–Crippen MR) is 113 cm³/mol. The van der Waals surface area contributed by atoms with Crippen molar-refractivity contribution in [2.24, 2.45) is 0 Å². The number of para-hydroxylation sites is 1. The second-order valence-corrected chi connectivity index (χ2v) is 7.12. The van der Waals surface area contributed by atoms with Crippen LogP contribution in [0.5, 0.6) is 11.5 Å². The predicted octanol–water partition coefficient (Wildman–Crippen LogP) is 4.34. The molecule has 0 bridgehead atoms. The van der Waals surface area contributed by atoms with E-state index >= 15 is 0 Å².